The molecule has 0 bridgehead atoms. The number of nitrogens with zero attached hydrogens (tertiary/aromatic N) is 2. The molecular formula is C19H17ClN2O5. The predicted octanol–water partition coefficient (Wildman–Crippen LogP) is 3.38. The van der Waals surface area contributed by atoms with Gasteiger partial charge in [-0.25, -0.2) is 4.79 Å². The molecule has 8 heteroatoms. The number of carbonyl (C=O) groups is 2. The topological polar surface area (TPSA) is 89.7 Å². The van der Waals surface area contributed by atoms with E-state index in [4.69, 9.17) is 16.3 Å². The van der Waals surface area contributed by atoms with Crippen molar-refractivity contribution < 1.29 is 19.2 Å². The number of nitro groups is 1. The van der Waals surface area contributed by atoms with E-state index in [1.54, 1.807) is 4.90 Å². The monoisotopic (exact) mass is 388 g/mol. The van der Waals surface area contributed by atoms with Gasteiger partial charge in [-0.1, -0.05) is 35.9 Å². The fourth-order valence-corrected chi connectivity index (χ4v) is 3.25. The molecule has 0 N–H and O–H groups in total. The zero-order valence-electron chi connectivity index (χ0n) is 14.6. The number of carbonyl (C=O) groups excluding carboxylic acids is 2. The Bertz CT molecular complexity index is 915. The van der Waals surface area contributed by atoms with Crippen molar-refractivity contribution in [2.24, 2.45) is 0 Å². The second kappa shape index (κ2) is 7.75. The molecule has 1 aliphatic heterocycles. The molecule has 2 aromatic rings. The summed E-state index contributed by atoms with van der Waals surface area (Å²) < 4.78 is 5.24. The van der Waals surface area contributed by atoms with E-state index < -0.39 is 17.0 Å². The molecule has 0 fully saturated rings. The Morgan fingerprint density at radius 3 is 2.59 bits per heavy atom. The van der Waals surface area contributed by atoms with Crippen molar-refractivity contribution in [3.8, 4) is 0 Å². The molecule has 140 valence electrons. The summed E-state index contributed by atoms with van der Waals surface area (Å²) in [5.74, 6) is -1.09. The van der Waals surface area contributed by atoms with Gasteiger partial charge in [0.25, 0.3) is 11.6 Å². The minimum atomic E-state index is -0.992. The van der Waals surface area contributed by atoms with Crippen LogP contribution >= 0.6 is 11.6 Å². The van der Waals surface area contributed by atoms with Crippen LogP contribution in [0.1, 0.15) is 28.4 Å². The molecule has 0 unspecified atom stereocenters. The molecule has 0 saturated heterocycles. The van der Waals surface area contributed by atoms with Gasteiger partial charge < -0.3 is 9.64 Å². The Hall–Kier alpha value is -2.93. The summed E-state index contributed by atoms with van der Waals surface area (Å²) in [6.45, 7) is 2.52. The molecule has 0 radical (unpaired) electrons. The molecule has 1 atom stereocenters. The highest BCUT2D eigenvalue weighted by molar-refractivity contribution is 6.33. The smallest absolute Gasteiger partial charge is 0.340 e. The third-order valence-corrected chi connectivity index (χ3v) is 4.77. The first kappa shape index (κ1) is 18.8. The van der Waals surface area contributed by atoms with E-state index in [9.17, 15) is 19.7 Å². The van der Waals surface area contributed by atoms with Crippen LogP contribution in [-0.4, -0.2) is 34.3 Å². The van der Waals surface area contributed by atoms with Gasteiger partial charge in [0.2, 0.25) is 0 Å². The molecular weight excluding hydrogens is 372 g/mol. The van der Waals surface area contributed by atoms with E-state index in [2.05, 4.69) is 0 Å². The summed E-state index contributed by atoms with van der Waals surface area (Å²) in [6.07, 6.45) is -0.245. The zero-order chi connectivity index (χ0) is 19.6. The normalized spacial score (nSPS) is 14.2. The zero-order valence-corrected chi connectivity index (χ0v) is 15.3. The summed E-state index contributed by atoms with van der Waals surface area (Å²) in [4.78, 5) is 36.7. The molecule has 2 aromatic carbocycles. The number of hydrogen-bond acceptors (Lipinski definition) is 5. The predicted molar refractivity (Wildman–Crippen MR) is 98.5 cm³/mol. The first-order valence-corrected chi connectivity index (χ1v) is 8.75. The van der Waals surface area contributed by atoms with Crippen molar-refractivity contribution in [3.63, 3.8) is 0 Å². The van der Waals surface area contributed by atoms with E-state index >= 15 is 0 Å². The lowest BCUT2D eigenvalue weighted by Gasteiger charge is -2.30. The molecule has 0 spiro atoms. The maximum Gasteiger partial charge on any atom is 0.340 e. The lowest BCUT2D eigenvalue weighted by molar-refractivity contribution is -0.384. The highest BCUT2D eigenvalue weighted by atomic mass is 35.5. The van der Waals surface area contributed by atoms with Gasteiger partial charge in [-0.05, 0) is 30.5 Å². The Balaban J connectivity index is 1.66. The summed E-state index contributed by atoms with van der Waals surface area (Å²) in [6, 6.07) is 11.4. The number of amides is 1. The fourth-order valence-electron chi connectivity index (χ4n) is 3.00. The maximum atomic E-state index is 12.6. The Labute approximate surface area is 160 Å². The van der Waals surface area contributed by atoms with Gasteiger partial charge in [0.15, 0.2) is 6.10 Å². The summed E-state index contributed by atoms with van der Waals surface area (Å²) >= 11 is 5.94. The van der Waals surface area contributed by atoms with Gasteiger partial charge in [-0.15, -0.1) is 0 Å². The van der Waals surface area contributed by atoms with Crippen molar-refractivity contribution in [3.05, 3.63) is 74.3 Å². The number of nitro benzene ring substituents is 1. The fraction of sp³-hybridized carbons (Fsp3) is 0.263. The lowest BCUT2D eigenvalue weighted by atomic mass is 9.99. The summed E-state index contributed by atoms with van der Waals surface area (Å²) in [5.41, 5.74) is 2.04. The van der Waals surface area contributed by atoms with Gasteiger partial charge in [0.1, 0.15) is 0 Å². The molecule has 1 heterocycles. The van der Waals surface area contributed by atoms with E-state index in [-0.39, 0.29) is 22.2 Å². The molecule has 0 aliphatic carbocycles. The van der Waals surface area contributed by atoms with Crippen LogP contribution in [0.15, 0.2) is 42.5 Å². The minimum absolute atomic E-state index is 0.0223. The number of rotatable bonds is 4. The number of hydrogen-bond donors (Lipinski definition) is 0. The molecule has 7 nitrogen and oxygen atoms in total. The maximum absolute atomic E-state index is 12.6. The largest absolute Gasteiger partial charge is 0.449 e. The average molecular weight is 389 g/mol. The van der Waals surface area contributed by atoms with Crippen LogP contribution in [0.25, 0.3) is 0 Å². The minimum Gasteiger partial charge on any atom is -0.449 e. The Morgan fingerprint density at radius 1 is 1.22 bits per heavy atom. The molecule has 3 rings (SSSR count). The van der Waals surface area contributed by atoms with E-state index in [1.807, 2.05) is 24.3 Å². The van der Waals surface area contributed by atoms with Crippen molar-refractivity contribution in [2.45, 2.75) is 26.0 Å². The van der Waals surface area contributed by atoms with E-state index in [0.29, 0.717) is 13.1 Å². The highest BCUT2D eigenvalue weighted by Gasteiger charge is 2.28. The molecule has 0 saturated carbocycles. The number of halogens is 1. The van der Waals surface area contributed by atoms with Crippen LogP contribution < -0.4 is 0 Å². The third-order valence-electron chi connectivity index (χ3n) is 4.46. The average Bonchev–Trinajstić information content (AvgIpc) is 2.66. The summed E-state index contributed by atoms with van der Waals surface area (Å²) in [5, 5.41) is 10.6. The number of esters is 1. The number of ether oxygens (including phenoxy) is 1. The van der Waals surface area contributed by atoms with Crippen LogP contribution in [0.4, 0.5) is 5.69 Å². The van der Waals surface area contributed by atoms with Gasteiger partial charge in [0.05, 0.1) is 15.5 Å². The van der Waals surface area contributed by atoms with Crippen LogP contribution in [0.5, 0.6) is 0 Å². The second-order valence-electron chi connectivity index (χ2n) is 6.25. The first-order valence-electron chi connectivity index (χ1n) is 8.37. The van der Waals surface area contributed by atoms with Crippen LogP contribution in [0.3, 0.4) is 0 Å². The van der Waals surface area contributed by atoms with Gasteiger partial charge >= 0.3 is 5.97 Å². The number of non-ortho nitro benzene ring substituents is 1. The molecule has 0 aromatic heterocycles. The first-order chi connectivity index (χ1) is 12.9. The lowest BCUT2D eigenvalue weighted by Crippen LogP contribution is -2.42. The number of benzene rings is 2. The van der Waals surface area contributed by atoms with Crippen molar-refractivity contribution in [2.75, 3.05) is 6.54 Å². The van der Waals surface area contributed by atoms with Gasteiger partial charge in [0, 0.05) is 25.2 Å². The SMILES string of the molecule is C[C@@H](OC(=O)c1ccc([N+](=O)[O-])cc1Cl)C(=O)N1CCc2ccccc2C1. The number of fused-ring (bicyclic) bond motifs is 1. The molecule has 1 amide bonds. The Morgan fingerprint density at radius 2 is 1.93 bits per heavy atom. The molecule has 1 aliphatic rings. The van der Waals surface area contributed by atoms with Crippen molar-refractivity contribution in [1.29, 1.82) is 0 Å². The third kappa shape index (κ3) is 4.09. The standard InChI is InChI=1S/C19H17ClN2O5/c1-12(18(23)21-9-8-13-4-2-3-5-14(13)11-21)27-19(24)16-7-6-15(22(25)26)10-17(16)20/h2-7,10,12H,8-9,11H2,1H3/t12-/m1/s1. The van der Waals surface area contributed by atoms with Crippen molar-refractivity contribution >= 4 is 29.2 Å². The van der Waals surface area contributed by atoms with E-state index in [1.165, 1.54) is 18.6 Å². The van der Waals surface area contributed by atoms with Crippen LogP contribution in [0, 0.1) is 10.1 Å². The summed E-state index contributed by atoms with van der Waals surface area (Å²) in [7, 11) is 0. The highest BCUT2D eigenvalue weighted by Crippen LogP contribution is 2.24. The van der Waals surface area contributed by atoms with Crippen LogP contribution in [0.2, 0.25) is 5.02 Å². The van der Waals surface area contributed by atoms with Gasteiger partial charge in [-0.2, -0.15) is 0 Å². The van der Waals surface area contributed by atoms with Crippen LogP contribution in [-0.2, 0) is 22.5 Å². The molecule has 27 heavy (non-hydrogen) atoms. The second-order valence-corrected chi connectivity index (χ2v) is 6.65. The van der Waals surface area contributed by atoms with E-state index in [0.717, 1.165) is 24.1 Å². The van der Waals surface area contributed by atoms with Crippen molar-refractivity contribution in [1.82, 2.24) is 4.90 Å². The quantitative estimate of drug-likeness (QED) is 0.455. The Kier molecular flexibility index (Phi) is 5.41. The van der Waals surface area contributed by atoms with Gasteiger partial charge in [-0.3, -0.25) is 14.9 Å².